The average molecular weight is 349 g/mol. The number of carbonyl (C=O) groups excluding carboxylic acids is 1. The van der Waals surface area contributed by atoms with Gasteiger partial charge in [-0.2, -0.15) is 11.8 Å². The second kappa shape index (κ2) is 8.77. The molecule has 0 aliphatic carbocycles. The molecule has 0 N–H and O–H groups in total. The van der Waals surface area contributed by atoms with Crippen molar-refractivity contribution in [2.24, 2.45) is 0 Å². The van der Waals surface area contributed by atoms with Gasteiger partial charge in [-0.15, -0.1) is 0 Å². The maximum absolute atomic E-state index is 12.7. The molecule has 5 heteroatoms. The fraction of sp³-hybridized carbons (Fsp3) is 0.632. The van der Waals surface area contributed by atoms with Crippen LogP contribution in [0.15, 0.2) is 24.3 Å². The number of rotatable bonds is 6. The van der Waals surface area contributed by atoms with E-state index < -0.39 is 0 Å². The van der Waals surface area contributed by atoms with Crippen LogP contribution in [0.3, 0.4) is 0 Å². The first-order valence-corrected chi connectivity index (χ1v) is 10.4. The van der Waals surface area contributed by atoms with E-state index in [1.54, 1.807) is 0 Å². The summed E-state index contributed by atoms with van der Waals surface area (Å²) in [7, 11) is 0. The van der Waals surface area contributed by atoms with Crippen LogP contribution in [0.25, 0.3) is 0 Å². The molecule has 1 unspecified atom stereocenters. The van der Waals surface area contributed by atoms with E-state index in [9.17, 15) is 4.79 Å². The minimum absolute atomic E-state index is 0.323. The van der Waals surface area contributed by atoms with Crippen LogP contribution >= 0.6 is 11.8 Å². The van der Waals surface area contributed by atoms with Crippen molar-refractivity contribution in [3.05, 3.63) is 29.8 Å². The highest BCUT2D eigenvalue weighted by Gasteiger charge is 2.28. The third-order valence-corrected chi connectivity index (χ3v) is 5.73. The molecular weight excluding hydrogens is 320 g/mol. The van der Waals surface area contributed by atoms with E-state index in [1.165, 1.54) is 11.3 Å². The molecule has 24 heavy (non-hydrogen) atoms. The number of amides is 1. The van der Waals surface area contributed by atoms with E-state index in [0.717, 1.165) is 57.9 Å². The Hall–Kier alpha value is -1.20. The maximum atomic E-state index is 12.7. The van der Waals surface area contributed by atoms with Gasteiger partial charge in [0.15, 0.2) is 0 Å². The van der Waals surface area contributed by atoms with Crippen LogP contribution in [0.2, 0.25) is 0 Å². The van der Waals surface area contributed by atoms with Crippen LogP contribution in [0.1, 0.15) is 24.8 Å². The predicted molar refractivity (Wildman–Crippen MR) is 101 cm³/mol. The molecule has 1 aromatic rings. The van der Waals surface area contributed by atoms with Gasteiger partial charge in [-0.25, -0.2) is 0 Å². The van der Waals surface area contributed by atoms with Crippen LogP contribution in [0, 0.1) is 0 Å². The first-order valence-electron chi connectivity index (χ1n) is 8.98. The first kappa shape index (κ1) is 17.6. The standard InChI is InChI=1S/C19H28N2O2S/c1-24-15-17-6-4-10-21(17)19(22)9-8-16-5-2-3-7-18(16)20-11-13-23-14-12-20/h2-3,5,7,17H,4,6,8-15H2,1H3. The van der Waals surface area contributed by atoms with Crippen LogP contribution in [0.5, 0.6) is 0 Å². The third-order valence-electron chi connectivity index (χ3n) is 5.01. The number of para-hydroxylation sites is 1. The lowest BCUT2D eigenvalue weighted by atomic mass is 10.1. The lowest BCUT2D eigenvalue weighted by Gasteiger charge is -2.31. The van der Waals surface area contributed by atoms with Crippen molar-refractivity contribution in [1.29, 1.82) is 0 Å². The minimum atomic E-state index is 0.323. The highest BCUT2D eigenvalue weighted by Crippen LogP contribution is 2.25. The van der Waals surface area contributed by atoms with Crippen molar-refractivity contribution in [2.45, 2.75) is 31.7 Å². The number of benzene rings is 1. The van der Waals surface area contributed by atoms with Crippen molar-refractivity contribution >= 4 is 23.4 Å². The number of anilines is 1. The van der Waals surface area contributed by atoms with Gasteiger partial charge in [-0.3, -0.25) is 4.79 Å². The Balaban J connectivity index is 1.61. The smallest absolute Gasteiger partial charge is 0.223 e. The van der Waals surface area contributed by atoms with Crippen molar-refractivity contribution in [2.75, 3.05) is 49.8 Å². The first-order chi connectivity index (χ1) is 11.8. The zero-order valence-electron chi connectivity index (χ0n) is 14.6. The van der Waals surface area contributed by atoms with Gasteiger partial charge in [-0.1, -0.05) is 18.2 Å². The highest BCUT2D eigenvalue weighted by atomic mass is 32.2. The van der Waals surface area contributed by atoms with Gasteiger partial charge in [0.05, 0.1) is 13.2 Å². The summed E-state index contributed by atoms with van der Waals surface area (Å²) in [4.78, 5) is 17.2. The lowest BCUT2D eigenvalue weighted by Crippen LogP contribution is -2.38. The summed E-state index contributed by atoms with van der Waals surface area (Å²) in [6, 6.07) is 8.96. The number of carbonyl (C=O) groups is 1. The van der Waals surface area contributed by atoms with Crippen molar-refractivity contribution in [3.63, 3.8) is 0 Å². The monoisotopic (exact) mass is 348 g/mol. The summed E-state index contributed by atoms with van der Waals surface area (Å²) < 4.78 is 5.46. The molecule has 3 rings (SSSR count). The average Bonchev–Trinajstić information content (AvgIpc) is 3.09. The molecule has 1 aromatic carbocycles. The fourth-order valence-corrected chi connectivity index (χ4v) is 4.48. The van der Waals surface area contributed by atoms with Gasteiger partial charge in [0, 0.05) is 43.5 Å². The quantitative estimate of drug-likeness (QED) is 0.791. The topological polar surface area (TPSA) is 32.8 Å². The number of thioether (sulfide) groups is 1. The van der Waals surface area contributed by atoms with Crippen molar-refractivity contribution in [1.82, 2.24) is 4.90 Å². The van der Waals surface area contributed by atoms with Crippen molar-refractivity contribution in [3.8, 4) is 0 Å². The maximum Gasteiger partial charge on any atom is 0.223 e. The van der Waals surface area contributed by atoms with E-state index in [2.05, 4.69) is 40.3 Å². The van der Waals surface area contributed by atoms with Gasteiger partial charge >= 0.3 is 0 Å². The Bertz CT molecular complexity index is 546. The highest BCUT2D eigenvalue weighted by molar-refractivity contribution is 7.98. The summed E-state index contributed by atoms with van der Waals surface area (Å²) >= 11 is 1.84. The van der Waals surface area contributed by atoms with Crippen LogP contribution < -0.4 is 4.90 Å². The molecule has 1 amide bonds. The number of nitrogens with zero attached hydrogens (tertiary/aromatic N) is 2. The molecular formula is C19H28N2O2S. The Kier molecular flexibility index (Phi) is 6.44. The molecule has 4 nitrogen and oxygen atoms in total. The molecule has 2 aliphatic heterocycles. The van der Waals surface area contributed by atoms with E-state index >= 15 is 0 Å². The summed E-state index contributed by atoms with van der Waals surface area (Å²) in [5, 5.41) is 0. The van der Waals surface area contributed by atoms with E-state index in [-0.39, 0.29) is 0 Å². The lowest BCUT2D eigenvalue weighted by molar-refractivity contribution is -0.131. The third kappa shape index (κ3) is 4.25. The molecule has 1 atom stereocenters. The second-order valence-electron chi connectivity index (χ2n) is 6.57. The molecule has 0 radical (unpaired) electrons. The van der Waals surface area contributed by atoms with Crippen molar-refractivity contribution < 1.29 is 9.53 Å². The summed E-state index contributed by atoms with van der Waals surface area (Å²) in [6.45, 7) is 4.39. The number of hydrogen-bond acceptors (Lipinski definition) is 4. The Labute approximate surface area is 149 Å². The molecule has 0 spiro atoms. The number of ether oxygens (including phenoxy) is 1. The Morgan fingerprint density at radius 3 is 2.83 bits per heavy atom. The van der Waals surface area contributed by atoms with Crippen LogP contribution in [-0.4, -0.2) is 61.7 Å². The van der Waals surface area contributed by atoms with Crippen LogP contribution in [-0.2, 0) is 16.0 Å². The normalized spacial score (nSPS) is 21.3. The predicted octanol–water partition coefficient (Wildman–Crippen LogP) is 2.81. The van der Waals surface area contributed by atoms with E-state index in [4.69, 9.17) is 4.74 Å². The zero-order chi connectivity index (χ0) is 16.8. The number of morpholine rings is 1. The molecule has 0 aromatic heterocycles. The molecule has 2 fully saturated rings. The SMILES string of the molecule is CSCC1CCCN1C(=O)CCc1ccccc1N1CCOCC1. The fourth-order valence-electron chi connectivity index (χ4n) is 3.75. The largest absolute Gasteiger partial charge is 0.378 e. The molecule has 2 heterocycles. The van der Waals surface area contributed by atoms with Gasteiger partial charge in [0.1, 0.15) is 0 Å². The molecule has 2 saturated heterocycles. The number of likely N-dealkylation sites (tertiary alicyclic amines) is 1. The van der Waals surface area contributed by atoms with E-state index in [1.807, 2.05) is 11.8 Å². The zero-order valence-corrected chi connectivity index (χ0v) is 15.4. The van der Waals surface area contributed by atoms with Gasteiger partial charge < -0.3 is 14.5 Å². The van der Waals surface area contributed by atoms with Gasteiger partial charge in [0.2, 0.25) is 5.91 Å². The summed E-state index contributed by atoms with van der Waals surface area (Å²) in [5.41, 5.74) is 2.56. The summed E-state index contributed by atoms with van der Waals surface area (Å²) in [6.07, 6.45) is 5.89. The minimum Gasteiger partial charge on any atom is -0.378 e. The second-order valence-corrected chi connectivity index (χ2v) is 7.48. The van der Waals surface area contributed by atoms with Gasteiger partial charge in [-0.05, 0) is 37.1 Å². The number of hydrogen-bond donors (Lipinski definition) is 0. The van der Waals surface area contributed by atoms with Gasteiger partial charge in [0.25, 0.3) is 0 Å². The number of aryl methyl sites for hydroxylation is 1. The molecule has 132 valence electrons. The molecule has 2 aliphatic rings. The summed E-state index contributed by atoms with van der Waals surface area (Å²) in [5.74, 6) is 1.39. The van der Waals surface area contributed by atoms with Crippen LogP contribution in [0.4, 0.5) is 5.69 Å². The Morgan fingerprint density at radius 1 is 1.25 bits per heavy atom. The van der Waals surface area contributed by atoms with E-state index in [0.29, 0.717) is 18.4 Å². The molecule has 0 bridgehead atoms. The Morgan fingerprint density at radius 2 is 2.04 bits per heavy atom. The molecule has 0 saturated carbocycles.